The van der Waals surface area contributed by atoms with Crippen molar-refractivity contribution >= 4 is 16.1 Å². The number of nitrogens with zero attached hydrogens (tertiary/aromatic N) is 1. The summed E-state index contributed by atoms with van der Waals surface area (Å²) < 4.78 is 26.1. The molecule has 0 radical (unpaired) electrons. The lowest BCUT2D eigenvalue weighted by molar-refractivity contribution is -0.120. The predicted octanol–water partition coefficient (Wildman–Crippen LogP) is 1.68. The molecular formula is C13H24N2O3S. The molecule has 1 rings (SSSR count). The maximum absolute atomic E-state index is 11.7. The highest BCUT2D eigenvalue weighted by atomic mass is 32.2. The highest BCUT2D eigenvalue weighted by Crippen LogP contribution is 2.40. The zero-order valence-corrected chi connectivity index (χ0v) is 12.7. The molecule has 5 nitrogen and oxygen atoms in total. The molecule has 6 heteroatoms. The molecule has 0 spiro atoms. The molecule has 2 unspecified atom stereocenters. The van der Waals surface area contributed by atoms with Crippen LogP contribution in [-0.4, -0.2) is 32.7 Å². The summed E-state index contributed by atoms with van der Waals surface area (Å²) in [6.45, 7) is 2.16. The Morgan fingerprint density at radius 1 is 1.37 bits per heavy atom. The van der Waals surface area contributed by atoms with Gasteiger partial charge in [0, 0.05) is 20.0 Å². The summed E-state index contributed by atoms with van der Waals surface area (Å²) >= 11 is 0. The van der Waals surface area contributed by atoms with Crippen molar-refractivity contribution in [3.8, 4) is 0 Å². The van der Waals surface area contributed by atoms with Crippen LogP contribution in [0.3, 0.4) is 0 Å². The number of hydrogen-bond donors (Lipinski definition) is 1. The van der Waals surface area contributed by atoms with Crippen LogP contribution in [0.5, 0.6) is 0 Å². The molecule has 1 saturated carbocycles. The smallest absolute Gasteiger partial charge is 0.274 e. The number of carbonyl (C=O) groups excluding carboxylic acids is 1. The van der Waals surface area contributed by atoms with Crippen LogP contribution in [0, 0.1) is 11.8 Å². The van der Waals surface area contributed by atoms with E-state index in [0.717, 1.165) is 17.1 Å². The minimum absolute atomic E-state index is 0.183. The van der Waals surface area contributed by atoms with Crippen molar-refractivity contribution in [2.75, 3.05) is 14.1 Å². The van der Waals surface area contributed by atoms with E-state index in [2.05, 4.69) is 17.7 Å². The van der Waals surface area contributed by atoms with Crippen molar-refractivity contribution in [2.45, 2.75) is 39.0 Å². The fourth-order valence-electron chi connectivity index (χ4n) is 1.81. The summed E-state index contributed by atoms with van der Waals surface area (Å²) in [6.07, 6.45) is 9.53. The highest BCUT2D eigenvalue weighted by molar-refractivity contribution is 7.87. The van der Waals surface area contributed by atoms with Gasteiger partial charge in [-0.25, -0.2) is 4.72 Å². The van der Waals surface area contributed by atoms with Crippen LogP contribution < -0.4 is 4.72 Å². The van der Waals surface area contributed by atoms with Gasteiger partial charge in [-0.3, -0.25) is 4.79 Å². The molecule has 1 aliphatic rings. The summed E-state index contributed by atoms with van der Waals surface area (Å²) in [5.74, 6) is -0.368. The fourth-order valence-corrected chi connectivity index (χ4v) is 2.39. The van der Waals surface area contributed by atoms with E-state index in [-0.39, 0.29) is 11.8 Å². The van der Waals surface area contributed by atoms with Crippen molar-refractivity contribution in [1.29, 1.82) is 0 Å². The minimum atomic E-state index is -3.65. The summed E-state index contributed by atoms with van der Waals surface area (Å²) in [4.78, 5) is 11.7. The molecule has 0 bridgehead atoms. The van der Waals surface area contributed by atoms with Gasteiger partial charge in [-0.05, 0) is 25.2 Å². The number of carbonyl (C=O) groups is 1. The Hall–Kier alpha value is -0.880. The molecule has 1 fully saturated rings. The van der Waals surface area contributed by atoms with Gasteiger partial charge in [0.25, 0.3) is 0 Å². The first-order chi connectivity index (χ1) is 8.88. The Bertz CT molecular complexity index is 429. The third kappa shape index (κ3) is 5.32. The Morgan fingerprint density at radius 2 is 2.05 bits per heavy atom. The molecule has 0 heterocycles. The van der Waals surface area contributed by atoms with E-state index >= 15 is 0 Å². The first kappa shape index (κ1) is 16.2. The molecule has 110 valence electrons. The van der Waals surface area contributed by atoms with Crippen LogP contribution in [0.4, 0.5) is 0 Å². The van der Waals surface area contributed by atoms with Crippen LogP contribution >= 0.6 is 0 Å². The zero-order chi connectivity index (χ0) is 14.5. The average molecular weight is 288 g/mol. The van der Waals surface area contributed by atoms with Gasteiger partial charge in [0.05, 0.1) is 0 Å². The largest absolute Gasteiger partial charge is 0.303 e. The van der Waals surface area contributed by atoms with Gasteiger partial charge in [0.2, 0.25) is 5.91 Å². The van der Waals surface area contributed by atoms with E-state index in [9.17, 15) is 13.2 Å². The van der Waals surface area contributed by atoms with Crippen LogP contribution in [0.25, 0.3) is 0 Å². The third-order valence-electron chi connectivity index (χ3n) is 3.24. The standard InChI is InChI=1S/C13H24N2O3S/c1-4-5-6-7-8-9-11-10-12(11)13(16)14-19(17,18)15(2)3/h8-9,11-12H,4-7,10H2,1-3H3,(H,14,16). The predicted molar refractivity (Wildman–Crippen MR) is 75.6 cm³/mol. The third-order valence-corrected chi connectivity index (χ3v) is 4.67. The zero-order valence-electron chi connectivity index (χ0n) is 11.9. The lowest BCUT2D eigenvalue weighted by Crippen LogP contribution is -2.40. The van der Waals surface area contributed by atoms with Gasteiger partial charge in [-0.1, -0.05) is 31.9 Å². The molecule has 0 aromatic heterocycles. The van der Waals surface area contributed by atoms with Crippen LogP contribution in [0.1, 0.15) is 39.0 Å². The summed E-state index contributed by atoms with van der Waals surface area (Å²) in [6, 6.07) is 0. The lowest BCUT2D eigenvalue weighted by Gasteiger charge is -2.11. The minimum Gasteiger partial charge on any atom is -0.274 e. The van der Waals surface area contributed by atoms with E-state index < -0.39 is 16.1 Å². The SMILES string of the molecule is CCCCCC=CC1CC1C(=O)NS(=O)(=O)N(C)C. The van der Waals surface area contributed by atoms with Crippen molar-refractivity contribution in [2.24, 2.45) is 11.8 Å². The first-order valence-corrected chi connectivity index (χ1v) is 8.23. The van der Waals surface area contributed by atoms with Crippen molar-refractivity contribution in [3.05, 3.63) is 12.2 Å². The van der Waals surface area contributed by atoms with Crippen LogP contribution in [-0.2, 0) is 15.0 Å². The first-order valence-electron chi connectivity index (χ1n) is 6.79. The number of hydrogen-bond acceptors (Lipinski definition) is 3. The molecule has 0 aromatic carbocycles. The van der Waals surface area contributed by atoms with Gasteiger partial charge >= 0.3 is 10.2 Å². The summed E-state index contributed by atoms with van der Waals surface area (Å²) in [7, 11) is -0.856. The molecule has 19 heavy (non-hydrogen) atoms. The Morgan fingerprint density at radius 3 is 2.63 bits per heavy atom. The highest BCUT2D eigenvalue weighted by Gasteiger charge is 2.42. The van der Waals surface area contributed by atoms with E-state index in [1.54, 1.807) is 0 Å². The molecule has 1 N–H and O–H groups in total. The fraction of sp³-hybridized carbons (Fsp3) is 0.769. The second-order valence-electron chi connectivity index (χ2n) is 5.18. The number of nitrogens with one attached hydrogen (secondary N) is 1. The van der Waals surface area contributed by atoms with Crippen molar-refractivity contribution in [3.63, 3.8) is 0 Å². The second kappa shape index (κ2) is 7.05. The maximum Gasteiger partial charge on any atom is 0.303 e. The van der Waals surface area contributed by atoms with Crippen LogP contribution in [0.15, 0.2) is 12.2 Å². The van der Waals surface area contributed by atoms with E-state index in [1.165, 1.54) is 33.4 Å². The van der Waals surface area contributed by atoms with Gasteiger partial charge in [0.15, 0.2) is 0 Å². The number of allylic oxidation sites excluding steroid dienone is 2. The Labute approximate surface area is 116 Å². The Balaban J connectivity index is 2.31. The van der Waals surface area contributed by atoms with E-state index in [4.69, 9.17) is 0 Å². The summed E-state index contributed by atoms with van der Waals surface area (Å²) in [5, 5.41) is 0. The molecule has 0 aromatic rings. The van der Waals surface area contributed by atoms with E-state index in [1.807, 2.05) is 6.08 Å². The quantitative estimate of drug-likeness (QED) is 0.546. The lowest BCUT2D eigenvalue weighted by atomic mass is 10.2. The monoisotopic (exact) mass is 288 g/mol. The average Bonchev–Trinajstić information content (AvgIpc) is 3.07. The maximum atomic E-state index is 11.7. The van der Waals surface area contributed by atoms with Crippen molar-refractivity contribution < 1.29 is 13.2 Å². The molecule has 2 atom stereocenters. The Kier molecular flexibility index (Phi) is 6.00. The number of rotatable bonds is 8. The molecule has 0 aliphatic heterocycles. The number of amides is 1. The van der Waals surface area contributed by atoms with Crippen LogP contribution in [0.2, 0.25) is 0 Å². The molecule has 1 aliphatic carbocycles. The molecule has 0 saturated heterocycles. The molecule has 1 amide bonds. The van der Waals surface area contributed by atoms with E-state index in [0.29, 0.717) is 0 Å². The van der Waals surface area contributed by atoms with Gasteiger partial charge in [0.1, 0.15) is 0 Å². The summed E-state index contributed by atoms with van der Waals surface area (Å²) in [5.41, 5.74) is 0. The normalized spacial score (nSPS) is 22.9. The second-order valence-corrected chi connectivity index (χ2v) is 7.07. The van der Waals surface area contributed by atoms with Gasteiger partial charge in [-0.2, -0.15) is 12.7 Å². The van der Waals surface area contributed by atoms with Crippen molar-refractivity contribution in [1.82, 2.24) is 9.03 Å². The van der Waals surface area contributed by atoms with Gasteiger partial charge in [-0.15, -0.1) is 0 Å². The number of unbranched alkanes of at least 4 members (excludes halogenated alkanes) is 3. The van der Waals surface area contributed by atoms with Gasteiger partial charge < -0.3 is 0 Å². The topological polar surface area (TPSA) is 66.5 Å². The molecular weight excluding hydrogens is 264 g/mol.